The van der Waals surface area contributed by atoms with E-state index in [9.17, 15) is 0 Å². The number of nitrogens with zero attached hydrogens (tertiary/aromatic N) is 4. The van der Waals surface area contributed by atoms with Crippen LogP contribution >= 0.6 is 0 Å². The fourth-order valence-corrected chi connectivity index (χ4v) is 10.2. The van der Waals surface area contributed by atoms with Gasteiger partial charge in [0.1, 0.15) is 0 Å². The van der Waals surface area contributed by atoms with Crippen LogP contribution in [-0.2, 0) is 35.6 Å². The van der Waals surface area contributed by atoms with Gasteiger partial charge in [0.15, 0.2) is 0 Å². The van der Waals surface area contributed by atoms with Gasteiger partial charge in [0.05, 0.1) is 0 Å². The summed E-state index contributed by atoms with van der Waals surface area (Å²) >= 11 is 2.45. The zero-order valence-electron chi connectivity index (χ0n) is 34.1. The zero-order valence-corrected chi connectivity index (χ0v) is 36.3. The fraction of sp³-hybridized carbons (Fsp3) is 0.280. The molecular formula is C50H50N4OPt. The van der Waals surface area contributed by atoms with E-state index in [2.05, 4.69) is 211 Å². The molecule has 56 heavy (non-hydrogen) atoms. The number of aromatic nitrogens is 4. The van der Waals surface area contributed by atoms with Crippen LogP contribution in [-0.4, -0.2) is 18.7 Å². The van der Waals surface area contributed by atoms with Crippen LogP contribution in [0.15, 0.2) is 121 Å². The second kappa shape index (κ2) is 12.5. The van der Waals surface area contributed by atoms with Crippen molar-refractivity contribution in [3.63, 3.8) is 0 Å². The molecule has 0 saturated carbocycles. The van der Waals surface area contributed by atoms with Crippen LogP contribution in [0.5, 0.6) is 11.5 Å². The number of benzene rings is 5. The van der Waals surface area contributed by atoms with Gasteiger partial charge in [-0.2, -0.15) is 0 Å². The van der Waals surface area contributed by atoms with Gasteiger partial charge >= 0.3 is 229 Å². The van der Waals surface area contributed by atoms with Crippen LogP contribution in [0.4, 0.5) is 0 Å². The van der Waals surface area contributed by atoms with Crippen LogP contribution in [0.25, 0.3) is 50.0 Å². The second-order valence-electron chi connectivity index (χ2n) is 18.3. The van der Waals surface area contributed by atoms with E-state index in [4.69, 9.17) is 9.72 Å². The molecule has 286 valence electrons. The minimum atomic E-state index is -0.101. The third kappa shape index (κ3) is 5.30. The van der Waals surface area contributed by atoms with Crippen LogP contribution in [0.2, 0.25) is 0 Å². The van der Waals surface area contributed by atoms with Gasteiger partial charge in [-0.05, 0) is 38.9 Å². The predicted molar refractivity (Wildman–Crippen MR) is 228 cm³/mol. The first kappa shape index (κ1) is 36.6. The molecular weight excluding hydrogens is 868 g/mol. The van der Waals surface area contributed by atoms with Gasteiger partial charge < -0.3 is 0 Å². The SMILES string of the molecule is Cc1ccc(-n2[c](=[Pt])n(-c3cccc(Oc4ccc5c6ccc7c(c6n(-c6cc(C(C)(C)C)ccn6)c5c4)C(C)(C)C(C)(C)C7(C)C)c3)c3ccccc32)cc1. The molecule has 9 rings (SSSR count). The topological polar surface area (TPSA) is 36.9 Å². The molecule has 0 radical (unpaired) electrons. The summed E-state index contributed by atoms with van der Waals surface area (Å²) in [6.07, 6.45) is 1.97. The van der Waals surface area contributed by atoms with Crippen LogP contribution in [0, 0.1) is 16.1 Å². The van der Waals surface area contributed by atoms with Crippen molar-refractivity contribution in [2.24, 2.45) is 5.41 Å². The van der Waals surface area contributed by atoms with Gasteiger partial charge in [-0.15, -0.1) is 0 Å². The molecule has 3 aromatic heterocycles. The predicted octanol–water partition coefficient (Wildman–Crippen LogP) is 13.0. The Hall–Kier alpha value is -4.99. The number of hydrogen-bond acceptors (Lipinski definition) is 2. The maximum absolute atomic E-state index is 6.81. The molecule has 0 aliphatic heterocycles. The summed E-state index contributed by atoms with van der Waals surface area (Å²) in [5.41, 5.74) is 12.0. The second-order valence-corrected chi connectivity index (χ2v) is 19.3. The number of fused-ring (bicyclic) bond motifs is 6. The van der Waals surface area contributed by atoms with E-state index in [0.717, 1.165) is 49.0 Å². The normalized spacial score (nSPS) is 15.9. The van der Waals surface area contributed by atoms with Crippen molar-refractivity contribution in [1.82, 2.24) is 18.7 Å². The number of imidazole rings is 1. The van der Waals surface area contributed by atoms with Gasteiger partial charge in [-0.3, -0.25) is 0 Å². The van der Waals surface area contributed by atoms with Gasteiger partial charge in [0.2, 0.25) is 0 Å². The van der Waals surface area contributed by atoms with Gasteiger partial charge in [0, 0.05) is 6.20 Å². The molecule has 0 saturated heterocycles. The van der Waals surface area contributed by atoms with Crippen molar-refractivity contribution >= 4 is 32.8 Å². The third-order valence-corrected chi connectivity index (χ3v) is 14.5. The van der Waals surface area contributed by atoms with Crippen molar-refractivity contribution in [2.75, 3.05) is 0 Å². The summed E-state index contributed by atoms with van der Waals surface area (Å²) in [5.74, 6) is 2.49. The van der Waals surface area contributed by atoms with Crippen molar-refractivity contribution in [2.45, 2.75) is 85.5 Å². The molecule has 1 aliphatic rings. The number of rotatable bonds is 5. The van der Waals surface area contributed by atoms with Gasteiger partial charge in [-0.1, -0.05) is 68.4 Å². The Labute approximate surface area is 341 Å². The summed E-state index contributed by atoms with van der Waals surface area (Å²) < 4.78 is 14.9. The number of aryl methyl sites for hydroxylation is 1. The summed E-state index contributed by atoms with van der Waals surface area (Å²) in [7, 11) is 0. The fourth-order valence-electron chi connectivity index (χ4n) is 9.10. The first-order valence-electron chi connectivity index (χ1n) is 19.6. The molecule has 3 heterocycles. The molecule has 8 aromatic rings. The minimum absolute atomic E-state index is 0.0141. The Balaban J connectivity index is 1.22. The monoisotopic (exact) mass is 917 g/mol. The van der Waals surface area contributed by atoms with Gasteiger partial charge in [0.25, 0.3) is 0 Å². The van der Waals surface area contributed by atoms with E-state index < -0.39 is 0 Å². The Morgan fingerprint density at radius 3 is 1.96 bits per heavy atom. The Bertz CT molecular complexity index is 2930. The van der Waals surface area contributed by atoms with Crippen molar-refractivity contribution in [3.8, 4) is 28.7 Å². The Kier molecular flexibility index (Phi) is 8.18. The third-order valence-electron chi connectivity index (χ3n) is 13.5. The molecule has 1 aliphatic carbocycles. The van der Waals surface area contributed by atoms with Gasteiger partial charge in [-0.25, -0.2) is 0 Å². The van der Waals surface area contributed by atoms with E-state index in [1.165, 1.54) is 38.5 Å². The summed E-state index contributed by atoms with van der Waals surface area (Å²) in [5, 5.41) is 2.44. The number of para-hydroxylation sites is 2. The van der Waals surface area contributed by atoms with Crippen molar-refractivity contribution in [1.29, 1.82) is 0 Å². The molecule has 0 spiro atoms. The van der Waals surface area contributed by atoms with E-state index in [0.29, 0.717) is 0 Å². The first-order valence-corrected chi connectivity index (χ1v) is 20.8. The van der Waals surface area contributed by atoms with Crippen LogP contribution in [0.3, 0.4) is 0 Å². The van der Waals surface area contributed by atoms with Crippen LogP contribution < -0.4 is 4.74 Å². The molecule has 0 amide bonds. The average Bonchev–Trinajstić information content (AvgIpc) is 3.68. The molecule has 0 bridgehead atoms. The van der Waals surface area contributed by atoms with Crippen molar-refractivity contribution < 1.29 is 24.1 Å². The van der Waals surface area contributed by atoms with E-state index >= 15 is 0 Å². The van der Waals surface area contributed by atoms with E-state index in [1.807, 2.05) is 12.3 Å². The van der Waals surface area contributed by atoms with E-state index in [-0.39, 0.29) is 21.7 Å². The Morgan fingerprint density at radius 2 is 1.27 bits per heavy atom. The zero-order chi connectivity index (χ0) is 39.5. The number of ether oxygens (including phenoxy) is 1. The molecule has 0 unspecified atom stereocenters. The molecule has 0 fully saturated rings. The molecule has 5 nitrogen and oxygen atoms in total. The molecule has 0 N–H and O–H groups in total. The summed E-state index contributed by atoms with van der Waals surface area (Å²) in [4.78, 5) is 5.08. The maximum atomic E-state index is 6.81. The van der Waals surface area contributed by atoms with Crippen molar-refractivity contribution in [3.05, 3.63) is 148 Å². The molecule has 6 heteroatoms. The molecule has 0 atom stereocenters. The number of hydrogen-bond donors (Lipinski definition) is 0. The first-order chi connectivity index (χ1) is 26.5. The summed E-state index contributed by atoms with van der Waals surface area (Å²) in [6.45, 7) is 23.5. The quantitative estimate of drug-likeness (QED) is 0.172. The molecule has 5 aromatic carbocycles. The standard InChI is InChI=1S/C50H50N4O.Pt/c1-32-18-20-34(21-19-32)52-31-53(42-17-12-11-16-41(42)52)35-14-13-15-36(29-35)55-37-22-23-38-39-24-25-40-45(49(7,8)50(9,10)48(40,5)6)46(39)54(43(38)30-37)44-28-33(26-27-51-44)47(2,3)4;/h11-30H,1-10H3;. The van der Waals surface area contributed by atoms with E-state index in [1.54, 1.807) is 0 Å². The number of pyridine rings is 1. The Morgan fingerprint density at radius 1 is 0.607 bits per heavy atom. The van der Waals surface area contributed by atoms with Crippen LogP contribution in [0.1, 0.15) is 84.6 Å². The average molecular weight is 918 g/mol. The summed E-state index contributed by atoms with van der Waals surface area (Å²) in [6, 6.07) is 41.4.